The van der Waals surface area contributed by atoms with E-state index in [1.165, 1.54) is 19.2 Å². The lowest BCUT2D eigenvalue weighted by molar-refractivity contribution is -0.384. The van der Waals surface area contributed by atoms with E-state index in [0.717, 1.165) is 12.8 Å². The second-order valence-electron chi connectivity index (χ2n) is 6.66. The summed E-state index contributed by atoms with van der Waals surface area (Å²) in [5, 5.41) is 20.3. The van der Waals surface area contributed by atoms with E-state index in [0.29, 0.717) is 42.4 Å². The Kier molecular flexibility index (Phi) is 5.55. The predicted octanol–water partition coefficient (Wildman–Crippen LogP) is 4.07. The molecule has 0 atom stereocenters. The highest BCUT2D eigenvalue weighted by atomic mass is 19.1. The Labute approximate surface area is 156 Å². The van der Waals surface area contributed by atoms with Gasteiger partial charge >= 0.3 is 0 Å². The second kappa shape index (κ2) is 8.04. The predicted molar refractivity (Wildman–Crippen MR) is 99.4 cm³/mol. The van der Waals surface area contributed by atoms with Crippen molar-refractivity contribution in [2.45, 2.75) is 19.3 Å². The lowest BCUT2D eigenvalue weighted by Gasteiger charge is -2.33. The summed E-state index contributed by atoms with van der Waals surface area (Å²) in [6, 6.07) is 11.4. The van der Waals surface area contributed by atoms with Crippen molar-refractivity contribution in [1.82, 2.24) is 0 Å². The lowest BCUT2D eigenvalue weighted by Crippen LogP contribution is -2.34. The number of halogens is 1. The summed E-state index contributed by atoms with van der Waals surface area (Å²) in [5.74, 6) is 0.556. The van der Waals surface area contributed by atoms with E-state index < -0.39 is 4.92 Å². The van der Waals surface area contributed by atoms with Crippen molar-refractivity contribution >= 4 is 11.4 Å². The Balaban J connectivity index is 1.67. The summed E-state index contributed by atoms with van der Waals surface area (Å²) < 4.78 is 19.2. The van der Waals surface area contributed by atoms with Gasteiger partial charge in [-0.2, -0.15) is 5.26 Å². The highest BCUT2D eigenvalue weighted by Gasteiger charge is 2.25. The number of hydrogen-bond donors (Lipinski definition) is 0. The highest BCUT2D eigenvalue weighted by Crippen LogP contribution is 2.33. The van der Waals surface area contributed by atoms with Crippen LogP contribution in [0.2, 0.25) is 0 Å². The zero-order valence-electron chi connectivity index (χ0n) is 15.0. The summed E-state index contributed by atoms with van der Waals surface area (Å²) in [4.78, 5) is 12.9. The topological polar surface area (TPSA) is 79.4 Å². The lowest BCUT2D eigenvalue weighted by atomic mass is 9.89. The fourth-order valence-corrected chi connectivity index (χ4v) is 3.52. The molecule has 6 nitrogen and oxygen atoms in total. The molecule has 140 valence electrons. The smallest absolute Gasteiger partial charge is 0.293 e. The monoisotopic (exact) mass is 369 g/mol. The fraction of sp³-hybridized carbons (Fsp3) is 0.350. The number of ether oxygens (including phenoxy) is 1. The minimum Gasteiger partial charge on any atom is -0.497 e. The molecule has 2 aromatic rings. The van der Waals surface area contributed by atoms with Gasteiger partial charge in [0.1, 0.15) is 17.3 Å². The van der Waals surface area contributed by atoms with Crippen LogP contribution < -0.4 is 9.64 Å². The van der Waals surface area contributed by atoms with Crippen LogP contribution in [-0.4, -0.2) is 25.1 Å². The summed E-state index contributed by atoms with van der Waals surface area (Å²) in [7, 11) is 1.51. The second-order valence-corrected chi connectivity index (χ2v) is 6.66. The fourth-order valence-electron chi connectivity index (χ4n) is 3.52. The molecule has 27 heavy (non-hydrogen) atoms. The molecule has 1 saturated heterocycles. The molecule has 0 unspecified atom stereocenters. The van der Waals surface area contributed by atoms with Gasteiger partial charge in [-0.25, -0.2) is 4.39 Å². The Morgan fingerprint density at radius 2 is 2.04 bits per heavy atom. The first-order chi connectivity index (χ1) is 13.0. The number of hydrogen-bond acceptors (Lipinski definition) is 5. The molecule has 3 rings (SSSR count). The van der Waals surface area contributed by atoms with Gasteiger partial charge < -0.3 is 9.64 Å². The standard InChI is InChI=1S/C20H20FN3O3/c1-27-17-4-3-16(18(21)12-17)10-14-6-8-23(9-7-14)19-5-2-15(13-22)11-20(19)24(25)26/h2-5,11-12,14H,6-10H2,1H3. The maximum Gasteiger partial charge on any atom is 0.293 e. The summed E-state index contributed by atoms with van der Waals surface area (Å²) in [6.45, 7) is 1.32. The number of nitrogens with zero attached hydrogens (tertiary/aromatic N) is 3. The van der Waals surface area contributed by atoms with Crippen molar-refractivity contribution in [1.29, 1.82) is 5.26 Å². The molecule has 1 aliphatic heterocycles. The maximum absolute atomic E-state index is 14.2. The zero-order valence-corrected chi connectivity index (χ0v) is 15.0. The minimum atomic E-state index is -0.449. The van der Waals surface area contributed by atoms with Crippen LogP contribution in [0.25, 0.3) is 0 Å². The number of nitro groups is 1. The molecule has 0 aliphatic carbocycles. The first-order valence-electron chi connectivity index (χ1n) is 8.77. The molecule has 1 heterocycles. The SMILES string of the molecule is COc1ccc(CC2CCN(c3ccc(C#N)cc3[N+](=O)[O-])CC2)c(F)c1. The van der Waals surface area contributed by atoms with E-state index >= 15 is 0 Å². The molecule has 0 amide bonds. The first kappa shape index (κ1) is 18.6. The van der Waals surface area contributed by atoms with Crippen molar-refractivity contribution in [2.24, 2.45) is 5.92 Å². The Morgan fingerprint density at radius 1 is 1.30 bits per heavy atom. The van der Waals surface area contributed by atoms with Gasteiger partial charge in [0.2, 0.25) is 0 Å². The van der Waals surface area contributed by atoms with E-state index in [4.69, 9.17) is 10.00 Å². The number of nitro benzene ring substituents is 1. The largest absolute Gasteiger partial charge is 0.497 e. The quantitative estimate of drug-likeness (QED) is 0.586. The molecule has 0 saturated carbocycles. The first-order valence-corrected chi connectivity index (χ1v) is 8.77. The summed E-state index contributed by atoms with van der Waals surface area (Å²) in [5.41, 5.74) is 1.43. The van der Waals surface area contributed by atoms with Gasteiger partial charge in [0, 0.05) is 25.2 Å². The molecule has 0 spiro atoms. The molecule has 1 fully saturated rings. The Morgan fingerprint density at radius 3 is 2.63 bits per heavy atom. The van der Waals surface area contributed by atoms with Crippen molar-refractivity contribution < 1.29 is 14.1 Å². The van der Waals surface area contributed by atoms with Crippen LogP contribution in [0, 0.1) is 33.2 Å². The number of anilines is 1. The van der Waals surface area contributed by atoms with Gasteiger partial charge in [0.25, 0.3) is 5.69 Å². The normalized spacial score (nSPS) is 14.6. The number of nitriles is 1. The summed E-state index contributed by atoms with van der Waals surface area (Å²) >= 11 is 0. The minimum absolute atomic E-state index is 0.0475. The van der Waals surface area contributed by atoms with Crippen LogP contribution in [-0.2, 0) is 6.42 Å². The zero-order chi connectivity index (χ0) is 19.4. The molecular weight excluding hydrogens is 349 g/mol. The van der Waals surface area contributed by atoms with Gasteiger partial charge in [-0.3, -0.25) is 10.1 Å². The Bertz CT molecular complexity index is 887. The van der Waals surface area contributed by atoms with Gasteiger partial charge in [0.15, 0.2) is 0 Å². The average molecular weight is 369 g/mol. The molecule has 1 aliphatic rings. The van der Waals surface area contributed by atoms with Crippen molar-refractivity contribution in [2.75, 3.05) is 25.1 Å². The molecular formula is C20H20FN3O3. The molecule has 2 aromatic carbocycles. The van der Waals surface area contributed by atoms with Crippen LogP contribution in [0.4, 0.5) is 15.8 Å². The molecule has 7 heteroatoms. The molecule has 0 radical (unpaired) electrons. The number of benzene rings is 2. The summed E-state index contributed by atoms with van der Waals surface area (Å²) in [6.07, 6.45) is 2.28. The number of methoxy groups -OCH3 is 1. The van der Waals surface area contributed by atoms with E-state index in [1.807, 2.05) is 11.0 Å². The Hall–Kier alpha value is -3.14. The van der Waals surface area contributed by atoms with E-state index in [9.17, 15) is 14.5 Å². The van der Waals surface area contributed by atoms with Crippen molar-refractivity contribution in [3.8, 4) is 11.8 Å². The molecule has 0 aromatic heterocycles. The van der Waals surface area contributed by atoms with Gasteiger partial charge in [0.05, 0.1) is 23.7 Å². The van der Waals surface area contributed by atoms with Crippen LogP contribution in [0.1, 0.15) is 24.0 Å². The number of rotatable bonds is 5. The van der Waals surface area contributed by atoms with Gasteiger partial charge in [-0.15, -0.1) is 0 Å². The van der Waals surface area contributed by atoms with E-state index in [1.54, 1.807) is 24.3 Å². The van der Waals surface area contributed by atoms with Gasteiger partial charge in [-0.1, -0.05) is 6.07 Å². The van der Waals surface area contributed by atoms with Crippen molar-refractivity contribution in [3.05, 3.63) is 63.5 Å². The third-order valence-corrected chi connectivity index (χ3v) is 5.03. The maximum atomic E-state index is 14.2. The van der Waals surface area contributed by atoms with E-state index in [2.05, 4.69) is 0 Å². The van der Waals surface area contributed by atoms with Crippen LogP contribution in [0.15, 0.2) is 36.4 Å². The van der Waals surface area contributed by atoms with Crippen LogP contribution >= 0.6 is 0 Å². The molecule has 0 N–H and O–H groups in total. The third kappa shape index (κ3) is 4.17. The van der Waals surface area contributed by atoms with Gasteiger partial charge in [-0.05, 0) is 48.9 Å². The third-order valence-electron chi connectivity index (χ3n) is 5.03. The van der Waals surface area contributed by atoms with Crippen LogP contribution in [0.5, 0.6) is 5.75 Å². The van der Waals surface area contributed by atoms with E-state index in [-0.39, 0.29) is 17.1 Å². The average Bonchev–Trinajstić information content (AvgIpc) is 2.69. The molecule has 0 bridgehead atoms. The number of piperidine rings is 1. The van der Waals surface area contributed by atoms with Crippen molar-refractivity contribution in [3.63, 3.8) is 0 Å². The highest BCUT2D eigenvalue weighted by molar-refractivity contribution is 5.65. The van der Waals surface area contributed by atoms with Crippen LogP contribution in [0.3, 0.4) is 0 Å².